The molecule has 2 unspecified atom stereocenters. The summed E-state index contributed by atoms with van der Waals surface area (Å²) in [5.74, 6) is 0.429. The summed E-state index contributed by atoms with van der Waals surface area (Å²) in [6, 6.07) is 14.6. The van der Waals surface area contributed by atoms with Crippen LogP contribution in [-0.2, 0) is 16.6 Å². The minimum Gasteiger partial charge on any atom is -0.479 e. The number of nitrogens with two attached hydrogens (primary N) is 1. The highest BCUT2D eigenvalue weighted by Gasteiger charge is 2.33. The number of carboxylic acids is 1. The smallest absolute Gasteiger partial charge is 0.344 e. The molecule has 2 bridgehead atoms. The second kappa shape index (κ2) is 14.4. The molecule has 2 heterocycles. The van der Waals surface area contributed by atoms with E-state index in [2.05, 4.69) is 23.8 Å². The highest BCUT2D eigenvalue weighted by Crippen LogP contribution is 2.39. The minimum atomic E-state index is -1.08. The summed E-state index contributed by atoms with van der Waals surface area (Å²) < 4.78 is 42.9. The number of rotatable bonds is 4. The van der Waals surface area contributed by atoms with Gasteiger partial charge in [0, 0.05) is 35.8 Å². The van der Waals surface area contributed by atoms with Crippen LogP contribution in [0.5, 0.6) is 17.2 Å². The van der Waals surface area contributed by atoms with Crippen LogP contribution in [0.3, 0.4) is 0 Å². The van der Waals surface area contributed by atoms with Gasteiger partial charge in [-0.2, -0.15) is 11.8 Å². The topological polar surface area (TPSA) is 122 Å². The molecule has 0 saturated carbocycles. The Morgan fingerprint density at radius 2 is 1.92 bits per heavy atom. The molecule has 0 radical (unpaired) electrons. The largest absolute Gasteiger partial charge is 0.479 e. The van der Waals surface area contributed by atoms with Gasteiger partial charge in [0.25, 0.3) is 0 Å². The highest BCUT2D eigenvalue weighted by molar-refractivity contribution is 7.99. The number of ether oxygens (including phenoxy) is 2. The molecule has 1 aliphatic heterocycles. The number of thioether (sulfide) groups is 1. The van der Waals surface area contributed by atoms with Crippen LogP contribution in [0.1, 0.15) is 63.6 Å². The molecule has 8 nitrogen and oxygen atoms in total. The van der Waals surface area contributed by atoms with Crippen LogP contribution in [0.15, 0.2) is 70.8 Å². The van der Waals surface area contributed by atoms with E-state index in [-0.39, 0.29) is 34.1 Å². The zero-order chi connectivity index (χ0) is 34.6. The number of halogens is 2. The van der Waals surface area contributed by atoms with Crippen LogP contribution in [0.25, 0.3) is 10.9 Å². The number of nitrogens with zero attached hydrogens (tertiary/aromatic N) is 2. The number of aromatic nitrogens is 1. The Balaban J connectivity index is 1.61. The maximum Gasteiger partial charge on any atom is 0.344 e. The van der Waals surface area contributed by atoms with Crippen LogP contribution in [0.4, 0.5) is 8.78 Å². The lowest BCUT2D eigenvalue weighted by Gasteiger charge is -2.32. The lowest BCUT2D eigenvalue weighted by Crippen LogP contribution is -2.40. The average Bonchev–Trinajstić information content (AvgIpc) is 3.51. The normalized spacial score (nSPS) is 20.6. The van der Waals surface area contributed by atoms with Crippen molar-refractivity contribution in [1.82, 2.24) is 4.98 Å². The van der Waals surface area contributed by atoms with Gasteiger partial charge in [-0.15, -0.1) is 0 Å². The summed E-state index contributed by atoms with van der Waals surface area (Å²) in [5, 5.41) is 10.3. The van der Waals surface area contributed by atoms with Gasteiger partial charge < -0.3 is 25.3 Å². The number of H-pyrrole nitrogens is 1. The third-order valence-corrected chi connectivity index (χ3v) is 10.4. The minimum absolute atomic E-state index is 0.0217. The molecule has 1 aliphatic rings. The molecule has 2 atom stereocenters. The number of aromatic amines is 1. The Hall–Kier alpha value is -4.38. The number of aryl methyl sites for hydroxylation is 1. The monoisotopic (exact) mass is 676 g/mol. The lowest BCUT2D eigenvalue weighted by molar-refractivity contribution is -0.144. The summed E-state index contributed by atoms with van der Waals surface area (Å²) in [7, 11) is 1.50. The summed E-state index contributed by atoms with van der Waals surface area (Å²) in [6.07, 6.45) is 3.60. The fraction of sp³-hybridized carbons (Fsp3) is 0.378. The molecule has 4 N–H and O–H groups in total. The van der Waals surface area contributed by atoms with Crippen molar-refractivity contribution in [3.8, 4) is 17.2 Å². The predicted molar refractivity (Wildman–Crippen MR) is 189 cm³/mol. The van der Waals surface area contributed by atoms with Crippen molar-refractivity contribution in [2.24, 2.45) is 21.1 Å². The molecular weight excluding hydrogens is 634 g/mol. The molecule has 48 heavy (non-hydrogen) atoms. The van der Waals surface area contributed by atoms with Crippen molar-refractivity contribution < 1.29 is 28.2 Å². The summed E-state index contributed by atoms with van der Waals surface area (Å²) in [4.78, 5) is 23.6. The Labute approximate surface area is 283 Å². The van der Waals surface area contributed by atoms with Gasteiger partial charge in [-0.3, -0.25) is 4.99 Å². The average molecular weight is 677 g/mol. The third-order valence-electron chi connectivity index (χ3n) is 8.92. The molecule has 3 aromatic carbocycles. The first-order valence-corrected chi connectivity index (χ1v) is 17.1. The zero-order valence-electron chi connectivity index (χ0n) is 27.9. The molecule has 0 fully saturated rings. The number of hydrogen-bond donors (Lipinski definition) is 3. The van der Waals surface area contributed by atoms with E-state index in [1.165, 1.54) is 38.2 Å². The number of amidine groups is 2. The fourth-order valence-electron chi connectivity index (χ4n) is 6.01. The molecule has 0 saturated heterocycles. The SMILES string of the molecule is CN=C1N=C(N)C(C)(c2cccc(OC(C)C(=O)O)c2)CCCC(C)(C)CSCCc2c(c(F)cc3[nH]ccc23)Oc2ccc(F)c1c2. The van der Waals surface area contributed by atoms with E-state index < -0.39 is 29.1 Å². The first-order chi connectivity index (χ1) is 22.8. The van der Waals surface area contributed by atoms with Crippen LogP contribution >= 0.6 is 11.8 Å². The van der Waals surface area contributed by atoms with E-state index in [0.29, 0.717) is 24.1 Å². The quantitative estimate of drug-likeness (QED) is 0.200. The van der Waals surface area contributed by atoms with Gasteiger partial charge in [-0.1, -0.05) is 32.4 Å². The Kier molecular flexibility index (Phi) is 10.5. The van der Waals surface area contributed by atoms with Crippen molar-refractivity contribution in [1.29, 1.82) is 0 Å². The molecule has 0 amide bonds. The molecule has 4 aromatic rings. The van der Waals surface area contributed by atoms with Crippen molar-refractivity contribution >= 4 is 40.3 Å². The Morgan fingerprint density at radius 3 is 2.67 bits per heavy atom. The van der Waals surface area contributed by atoms with Crippen molar-refractivity contribution in [3.05, 3.63) is 89.1 Å². The van der Waals surface area contributed by atoms with E-state index in [9.17, 15) is 9.90 Å². The van der Waals surface area contributed by atoms with Crippen LogP contribution in [-0.4, -0.2) is 52.4 Å². The Morgan fingerprint density at radius 1 is 1.12 bits per heavy atom. The molecule has 0 spiro atoms. The number of aliphatic carboxylic acids is 1. The molecule has 0 aliphatic carbocycles. The highest BCUT2D eigenvalue weighted by atomic mass is 32.2. The van der Waals surface area contributed by atoms with Crippen LogP contribution in [0.2, 0.25) is 0 Å². The number of carboxylic acid groups (broad SMARTS) is 1. The van der Waals surface area contributed by atoms with E-state index in [1.807, 2.05) is 30.8 Å². The molecule has 5 rings (SSSR count). The second-order valence-electron chi connectivity index (χ2n) is 13.2. The van der Waals surface area contributed by atoms with Gasteiger partial charge in [-0.25, -0.2) is 18.6 Å². The van der Waals surface area contributed by atoms with Crippen molar-refractivity contribution in [2.45, 2.75) is 64.9 Å². The number of hydrogen-bond acceptors (Lipinski definition) is 6. The standard InChI is InChI=1S/C37H42F2N4O4S/c1-22(34(44)45)46-24-9-6-8-23(18-24)37(4)15-7-14-36(2,3)21-48-17-13-27-26-12-16-42-31(26)20-30(39)32(27)47-25-10-11-29(38)28(19-25)33(41-5)43-35(37)40/h6,8-12,16,18-20,22,42H,7,13-15,17,21H2,1-5H3,(H,44,45)(H2,40,41,43). The molecule has 254 valence electrons. The lowest BCUT2D eigenvalue weighted by atomic mass is 9.75. The number of fused-ring (bicyclic) bond motifs is 5. The molecule has 11 heteroatoms. The van der Waals surface area contributed by atoms with Gasteiger partial charge in [0.1, 0.15) is 23.2 Å². The predicted octanol–water partition coefficient (Wildman–Crippen LogP) is 8.27. The van der Waals surface area contributed by atoms with Gasteiger partial charge in [0.2, 0.25) is 0 Å². The van der Waals surface area contributed by atoms with E-state index in [0.717, 1.165) is 40.9 Å². The Bertz CT molecular complexity index is 1870. The van der Waals surface area contributed by atoms with E-state index in [1.54, 1.807) is 24.4 Å². The van der Waals surface area contributed by atoms with Crippen LogP contribution < -0.4 is 15.2 Å². The number of aliphatic imine (C=N–C) groups is 2. The summed E-state index contributed by atoms with van der Waals surface area (Å²) >= 11 is 1.81. The van der Waals surface area contributed by atoms with Gasteiger partial charge in [0.05, 0.1) is 11.0 Å². The van der Waals surface area contributed by atoms with Crippen molar-refractivity contribution in [3.63, 3.8) is 0 Å². The van der Waals surface area contributed by atoms with Gasteiger partial charge in [0.15, 0.2) is 23.5 Å². The van der Waals surface area contributed by atoms with Crippen molar-refractivity contribution in [2.75, 3.05) is 18.6 Å². The third kappa shape index (κ3) is 7.67. The number of carbonyl (C=O) groups is 1. The molecule has 1 aromatic heterocycles. The first kappa shape index (κ1) is 34.9. The molecular formula is C37H42F2N4O4S. The fourth-order valence-corrected chi connectivity index (χ4v) is 7.20. The second-order valence-corrected chi connectivity index (χ2v) is 14.3. The zero-order valence-corrected chi connectivity index (χ0v) is 28.7. The van der Waals surface area contributed by atoms with Crippen LogP contribution in [0, 0.1) is 17.0 Å². The number of nitrogens with one attached hydrogen (secondary N) is 1. The summed E-state index contributed by atoms with van der Waals surface area (Å²) in [6.45, 7) is 7.89. The number of benzene rings is 3. The van der Waals surface area contributed by atoms with Gasteiger partial charge in [-0.05, 0) is 92.0 Å². The first-order valence-electron chi connectivity index (χ1n) is 16.0. The van der Waals surface area contributed by atoms with Gasteiger partial charge >= 0.3 is 5.97 Å². The van der Waals surface area contributed by atoms with E-state index in [4.69, 9.17) is 20.2 Å². The van der Waals surface area contributed by atoms with E-state index >= 15 is 8.78 Å². The maximum absolute atomic E-state index is 15.6. The maximum atomic E-state index is 15.6. The summed E-state index contributed by atoms with van der Waals surface area (Å²) in [5.41, 5.74) is 8.22.